The largest absolute Gasteiger partial charge is 0.353 e. The van der Waals surface area contributed by atoms with Gasteiger partial charge in [0.2, 0.25) is 11.8 Å². The van der Waals surface area contributed by atoms with Gasteiger partial charge in [-0.3, -0.25) is 9.59 Å². The first-order valence-electron chi connectivity index (χ1n) is 10.8. The minimum Gasteiger partial charge on any atom is -0.353 e. The minimum atomic E-state index is 0.210. The van der Waals surface area contributed by atoms with Crippen molar-refractivity contribution in [2.24, 2.45) is 23.7 Å². The van der Waals surface area contributed by atoms with E-state index in [1.165, 1.54) is 44.9 Å². The highest BCUT2D eigenvalue weighted by atomic mass is 16.2. The molecular formula is C21H34N2O2. The maximum atomic E-state index is 12.8. The average molecular weight is 347 g/mol. The fourth-order valence-electron chi connectivity index (χ4n) is 5.92. The molecule has 4 rings (SSSR count). The van der Waals surface area contributed by atoms with Crippen molar-refractivity contribution in [3.8, 4) is 0 Å². The Bertz CT molecular complexity index is 480. The van der Waals surface area contributed by atoms with Gasteiger partial charge in [0, 0.05) is 31.5 Å². The first-order chi connectivity index (χ1) is 12.2. The van der Waals surface area contributed by atoms with Gasteiger partial charge in [0.05, 0.1) is 0 Å². The Morgan fingerprint density at radius 2 is 1.44 bits per heavy atom. The van der Waals surface area contributed by atoms with Crippen molar-refractivity contribution in [1.82, 2.24) is 10.2 Å². The van der Waals surface area contributed by atoms with Crippen molar-refractivity contribution in [1.29, 1.82) is 0 Å². The smallest absolute Gasteiger partial charge is 0.225 e. The van der Waals surface area contributed by atoms with Crippen LogP contribution in [0.4, 0.5) is 0 Å². The Balaban J connectivity index is 1.19. The van der Waals surface area contributed by atoms with Crippen molar-refractivity contribution >= 4 is 11.8 Å². The number of fused-ring (bicyclic) bond motifs is 1. The van der Waals surface area contributed by atoms with E-state index in [4.69, 9.17) is 0 Å². The number of hydrogen-bond acceptors (Lipinski definition) is 2. The standard InChI is InChI=1S/C21H34N2O2/c24-20(12-15-4-1-2-5-15)22-19-10-8-16(9-11-19)21(25)23-13-17-6-3-7-18(17)14-23/h15-19H,1-14H2,(H,22,24). The number of nitrogens with zero attached hydrogens (tertiary/aromatic N) is 1. The fraction of sp³-hybridized carbons (Fsp3) is 0.905. The van der Waals surface area contributed by atoms with Crippen LogP contribution in [-0.4, -0.2) is 35.8 Å². The molecule has 4 fully saturated rings. The van der Waals surface area contributed by atoms with Crippen molar-refractivity contribution in [2.75, 3.05) is 13.1 Å². The lowest BCUT2D eigenvalue weighted by molar-refractivity contribution is -0.136. The molecule has 4 nitrogen and oxygen atoms in total. The highest BCUT2D eigenvalue weighted by molar-refractivity contribution is 5.79. The van der Waals surface area contributed by atoms with Crippen LogP contribution in [-0.2, 0) is 9.59 Å². The zero-order valence-electron chi connectivity index (χ0n) is 15.5. The summed E-state index contributed by atoms with van der Waals surface area (Å²) in [5.41, 5.74) is 0. The third kappa shape index (κ3) is 4.03. The number of amides is 2. The second-order valence-electron chi connectivity index (χ2n) is 9.16. The van der Waals surface area contributed by atoms with Crippen molar-refractivity contribution in [3.63, 3.8) is 0 Å². The molecule has 0 spiro atoms. The van der Waals surface area contributed by atoms with Gasteiger partial charge in [-0.05, 0) is 69.1 Å². The van der Waals surface area contributed by atoms with Crippen LogP contribution in [0.25, 0.3) is 0 Å². The third-order valence-electron chi connectivity index (χ3n) is 7.43. The van der Waals surface area contributed by atoms with E-state index in [2.05, 4.69) is 10.2 Å². The molecule has 2 unspecified atom stereocenters. The van der Waals surface area contributed by atoms with E-state index in [0.29, 0.717) is 17.9 Å². The van der Waals surface area contributed by atoms with E-state index < -0.39 is 0 Å². The molecule has 4 aliphatic rings. The van der Waals surface area contributed by atoms with E-state index >= 15 is 0 Å². The molecule has 0 radical (unpaired) electrons. The molecule has 2 amide bonds. The maximum absolute atomic E-state index is 12.8. The van der Waals surface area contributed by atoms with Crippen LogP contribution >= 0.6 is 0 Å². The topological polar surface area (TPSA) is 49.4 Å². The predicted octanol–water partition coefficient (Wildman–Crippen LogP) is 3.50. The lowest BCUT2D eigenvalue weighted by atomic mass is 9.85. The molecule has 3 aliphatic carbocycles. The normalized spacial score (nSPS) is 35.8. The second-order valence-corrected chi connectivity index (χ2v) is 9.16. The van der Waals surface area contributed by atoms with Gasteiger partial charge < -0.3 is 10.2 Å². The number of likely N-dealkylation sites (tertiary alicyclic amines) is 1. The SMILES string of the molecule is O=C(CC1CCCC1)NC1CCC(C(=O)N2CC3CCCC3C2)CC1. The van der Waals surface area contributed by atoms with Gasteiger partial charge in [-0.25, -0.2) is 0 Å². The zero-order chi connectivity index (χ0) is 17.2. The van der Waals surface area contributed by atoms with Gasteiger partial charge in [0.15, 0.2) is 0 Å². The first-order valence-corrected chi connectivity index (χ1v) is 10.8. The Morgan fingerprint density at radius 3 is 2.08 bits per heavy atom. The molecule has 2 atom stereocenters. The van der Waals surface area contributed by atoms with Crippen LogP contribution in [0.15, 0.2) is 0 Å². The summed E-state index contributed by atoms with van der Waals surface area (Å²) in [6.45, 7) is 2.03. The Kier molecular flexibility index (Phi) is 5.33. The van der Waals surface area contributed by atoms with Crippen LogP contribution < -0.4 is 5.32 Å². The molecule has 1 saturated heterocycles. The molecule has 0 bridgehead atoms. The summed E-state index contributed by atoms with van der Waals surface area (Å²) in [7, 11) is 0. The summed E-state index contributed by atoms with van der Waals surface area (Å²) in [5.74, 6) is 3.05. The molecule has 0 aromatic carbocycles. The quantitative estimate of drug-likeness (QED) is 0.847. The molecular weight excluding hydrogens is 312 g/mol. The molecule has 25 heavy (non-hydrogen) atoms. The van der Waals surface area contributed by atoms with Crippen LogP contribution in [0.2, 0.25) is 0 Å². The Morgan fingerprint density at radius 1 is 0.800 bits per heavy atom. The van der Waals surface area contributed by atoms with Crippen LogP contribution in [0, 0.1) is 23.7 Å². The van der Waals surface area contributed by atoms with Crippen LogP contribution in [0.1, 0.15) is 77.0 Å². The van der Waals surface area contributed by atoms with E-state index in [9.17, 15) is 9.59 Å². The summed E-state index contributed by atoms with van der Waals surface area (Å²) in [4.78, 5) is 27.2. The summed E-state index contributed by atoms with van der Waals surface area (Å²) in [5, 5.41) is 3.24. The first kappa shape index (κ1) is 17.4. The number of carbonyl (C=O) groups is 2. The van der Waals surface area contributed by atoms with Gasteiger partial charge in [0.1, 0.15) is 0 Å². The molecule has 0 aromatic heterocycles. The van der Waals surface area contributed by atoms with E-state index in [-0.39, 0.29) is 11.8 Å². The monoisotopic (exact) mass is 346 g/mol. The highest BCUT2D eigenvalue weighted by Gasteiger charge is 2.40. The van der Waals surface area contributed by atoms with Gasteiger partial charge in [-0.1, -0.05) is 19.3 Å². The highest BCUT2D eigenvalue weighted by Crippen LogP contribution is 2.39. The summed E-state index contributed by atoms with van der Waals surface area (Å²) < 4.78 is 0. The van der Waals surface area contributed by atoms with Gasteiger partial charge in [-0.2, -0.15) is 0 Å². The predicted molar refractivity (Wildman–Crippen MR) is 97.9 cm³/mol. The zero-order valence-corrected chi connectivity index (χ0v) is 15.5. The molecule has 3 saturated carbocycles. The third-order valence-corrected chi connectivity index (χ3v) is 7.43. The molecule has 1 aliphatic heterocycles. The van der Waals surface area contributed by atoms with E-state index in [0.717, 1.165) is 57.0 Å². The van der Waals surface area contributed by atoms with Gasteiger partial charge in [0.25, 0.3) is 0 Å². The second kappa shape index (κ2) is 7.67. The van der Waals surface area contributed by atoms with Gasteiger partial charge >= 0.3 is 0 Å². The molecule has 1 N–H and O–H groups in total. The van der Waals surface area contributed by atoms with E-state index in [1.807, 2.05) is 0 Å². The summed E-state index contributed by atoms with van der Waals surface area (Å²) in [6.07, 6.45) is 13.7. The summed E-state index contributed by atoms with van der Waals surface area (Å²) >= 11 is 0. The lowest BCUT2D eigenvalue weighted by Gasteiger charge is -2.31. The number of nitrogens with one attached hydrogen (secondary N) is 1. The molecule has 140 valence electrons. The molecule has 0 aromatic rings. The van der Waals surface area contributed by atoms with Crippen LogP contribution in [0.5, 0.6) is 0 Å². The maximum Gasteiger partial charge on any atom is 0.225 e. The van der Waals surface area contributed by atoms with Gasteiger partial charge in [-0.15, -0.1) is 0 Å². The summed E-state index contributed by atoms with van der Waals surface area (Å²) in [6, 6.07) is 0.302. The van der Waals surface area contributed by atoms with Crippen molar-refractivity contribution in [2.45, 2.75) is 83.1 Å². The Labute approximate surface area is 152 Å². The number of rotatable bonds is 4. The molecule has 1 heterocycles. The van der Waals surface area contributed by atoms with Crippen LogP contribution in [0.3, 0.4) is 0 Å². The lowest BCUT2D eigenvalue weighted by Crippen LogP contribution is -2.42. The number of carbonyl (C=O) groups excluding carboxylic acids is 2. The molecule has 4 heteroatoms. The van der Waals surface area contributed by atoms with E-state index in [1.54, 1.807) is 0 Å². The minimum absolute atomic E-state index is 0.210. The Hall–Kier alpha value is -1.06. The number of hydrogen-bond donors (Lipinski definition) is 1. The van der Waals surface area contributed by atoms with Crippen molar-refractivity contribution < 1.29 is 9.59 Å². The fourth-order valence-corrected chi connectivity index (χ4v) is 5.92. The average Bonchev–Trinajstić information content (AvgIpc) is 3.31. The van der Waals surface area contributed by atoms with Crippen molar-refractivity contribution in [3.05, 3.63) is 0 Å².